The van der Waals surface area contributed by atoms with E-state index < -0.39 is 22.5 Å². The Morgan fingerprint density at radius 1 is 0.814 bits per heavy atom. The quantitative estimate of drug-likeness (QED) is 0.138. The lowest BCUT2D eigenvalue weighted by molar-refractivity contribution is -0.119. The zero-order valence-electron chi connectivity index (χ0n) is 23.6. The molecule has 5 aromatic rings. The van der Waals surface area contributed by atoms with Crippen LogP contribution in [0.3, 0.4) is 0 Å². The number of hydrogen-bond acceptors (Lipinski definition) is 6. The summed E-state index contributed by atoms with van der Waals surface area (Å²) in [4.78, 5) is 13.0. The smallest absolute Gasteiger partial charge is 0.264 e. The van der Waals surface area contributed by atoms with E-state index in [1.165, 1.54) is 18.3 Å². The molecule has 0 saturated heterocycles. The third-order valence-electron chi connectivity index (χ3n) is 6.61. The Kier molecular flexibility index (Phi) is 9.33. The minimum Gasteiger partial charge on any atom is -0.492 e. The molecule has 0 spiro atoms. The topological polar surface area (TPSA) is 97.3 Å². The highest BCUT2D eigenvalue weighted by Crippen LogP contribution is 2.32. The maximum atomic E-state index is 13.6. The van der Waals surface area contributed by atoms with Crippen LogP contribution in [0.15, 0.2) is 131 Å². The highest BCUT2D eigenvalue weighted by molar-refractivity contribution is 7.92. The van der Waals surface area contributed by atoms with Gasteiger partial charge < -0.3 is 9.47 Å². The van der Waals surface area contributed by atoms with Crippen LogP contribution in [0.1, 0.15) is 18.1 Å². The second-order valence-corrected chi connectivity index (χ2v) is 11.4. The zero-order valence-corrected chi connectivity index (χ0v) is 24.4. The molecule has 0 aliphatic carbocycles. The molecule has 1 N–H and O–H groups in total. The lowest BCUT2D eigenvalue weighted by Crippen LogP contribution is -2.39. The molecule has 0 bridgehead atoms. The van der Waals surface area contributed by atoms with Gasteiger partial charge in [-0.25, -0.2) is 13.8 Å². The fourth-order valence-electron chi connectivity index (χ4n) is 4.53. The number of hydrogen-bond donors (Lipinski definition) is 1. The highest BCUT2D eigenvalue weighted by atomic mass is 32.2. The number of amides is 1. The number of sulfonamides is 1. The van der Waals surface area contributed by atoms with Gasteiger partial charge in [-0.1, -0.05) is 72.8 Å². The Morgan fingerprint density at radius 3 is 2.30 bits per heavy atom. The van der Waals surface area contributed by atoms with Crippen LogP contribution in [-0.4, -0.2) is 33.7 Å². The molecule has 9 heteroatoms. The molecule has 1 amide bonds. The van der Waals surface area contributed by atoms with Gasteiger partial charge in [0.15, 0.2) is 0 Å². The van der Waals surface area contributed by atoms with Crippen LogP contribution in [0.25, 0.3) is 10.8 Å². The summed E-state index contributed by atoms with van der Waals surface area (Å²) in [6.07, 6.45) is 1.48. The number of benzene rings is 5. The summed E-state index contributed by atoms with van der Waals surface area (Å²) in [5.41, 5.74) is 4.52. The van der Waals surface area contributed by atoms with E-state index in [1.807, 2.05) is 48.5 Å². The molecule has 0 atom stereocenters. The van der Waals surface area contributed by atoms with Crippen LogP contribution in [0.4, 0.5) is 5.69 Å². The van der Waals surface area contributed by atoms with Crippen molar-refractivity contribution in [2.45, 2.75) is 18.4 Å². The summed E-state index contributed by atoms with van der Waals surface area (Å²) >= 11 is 0. The lowest BCUT2D eigenvalue weighted by Gasteiger charge is -2.25. The first-order chi connectivity index (χ1) is 21.0. The van der Waals surface area contributed by atoms with Gasteiger partial charge in [0.2, 0.25) is 0 Å². The van der Waals surface area contributed by atoms with Crippen molar-refractivity contribution in [3.63, 3.8) is 0 Å². The molecule has 0 unspecified atom stereocenters. The van der Waals surface area contributed by atoms with Crippen LogP contribution in [-0.2, 0) is 21.4 Å². The number of nitrogens with one attached hydrogen (secondary N) is 1. The molecule has 218 valence electrons. The van der Waals surface area contributed by atoms with Gasteiger partial charge in [-0.3, -0.25) is 9.10 Å². The second kappa shape index (κ2) is 13.7. The van der Waals surface area contributed by atoms with Crippen LogP contribution in [0.2, 0.25) is 0 Å². The summed E-state index contributed by atoms with van der Waals surface area (Å²) < 4.78 is 39.9. The van der Waals surface area contributed by atoms with E-state index in [-0.39, 0.29) is 10.6 Å². The Bertz CT molecular complexity index is 1820. The van der Waals surface area contributed by atoms with E-state index in [4.69, 9.17) is 9.47 Å². The fourth-order valence-corrected chi connectivity index (χ4v) is 5.99. The number of carbonyl (C=O) groups excluding carboxylic acids is 1. The average Bonchev–Trinajstić information content (AvgIpc) is 3.04. The summed E-state index contributed by atoms with van der Waals surface area (Å²) in [5.74, 6) is 0.435. The number of ether oxygens (including phenoxy) is 2. The van der Waals surface area contributed by atoms with Crippen molar-refractivity contribution >= 4 is 38.6 Å². The number of anilines is 1. The SMILES string of the molecule is CCOc1ccccc1N(CC(=O)N/N=C\c1ccc(OCc2cccc3ccccc23)cc1)S(=O)(=O)c1ccccc1. The number of rotatable bonds is 12. The number of fused-ring (bicyclic) bond motifs is 1. The third-order valence-corrected chi connectivity index (χ3v) is 8.38. The van der Waals surface area contributed by atoms with Gasteiger partial charge in [0.05, 0.1) is 23.4 Å². The molecule has 0 saturated carbocycles. The van der Waals surface area contributed by atoms with E-state index in [0.717, 1.165) is 26.2 Å². The minimum atomic E-state index is -4.08. The third kappa shape index (κ3) is 7.20. The molecular weight excluding hydrogens is 562 g/mol. The monoisotopic (exact) mass is 593 g/mol. The van der Waals surface area contributed by atoms with Gasteiger partial charge in [-0.15, -0.1) is 0 Å². The van der Waals surface area contributed by atoms with E-state index >= 15 is 0 Å². The van der Waals surface area contributed by atoms with E-state index in [2.05, 4.69) is 28.7 Å². The normalized spacial score (nSPS) is 11.4. The van der Waals surface area contributed by atoms with Crippen molar-refractivity contribution in [2.24, 2.45) is 5.10 Å². The molecule has 0 aliphatic heterocycles. The number of carbonyl (C=O) groups is 1. The van der Waals surface area contributed by atoms with Gasteiger partial charge in [0, 0.05) is 0 Å². The fraction of sp³-hybridized carbons (Fsp3) is 0.118. The molecule has 0 heterocycles. The van der Waals surface area contributed by atoms with Gasteiger partial charge in [-0.05, 0) is 77.4 Å². The molecule has 0 fully saturated rings. The van der Waals surface area contributed by atoms with Gasteiger partial charge >= 0.3 is 0 Å². The number of nitrogens with zero attached hydrogens (tertiary/aromatic N) is 2. The molecule has 8 nitrogen and oxygen atoms in total. The molecular formula is C34H31N3O5S. The maximum Gasteiger partial charge on any atom is 0.264 e. The molecule has 0 aromatic heterocycles. The van der Waals surface area contributed by atoms with Gasteiger partial charge in [-0.2, -0.15) is 5.10 Å². The molecule has 5 rings (SSSR count). The van der Waals surface area contributed by atoms with E-state index in [9.17, 15) is 13.2 Å². The Hall–Kier alpha value is -5.15. The zero-order chi connectivity index (χ0) is 30.1. The highest BCUT2D eigenvalue weighted by Gasteiger charge is 2.29. The first kappa shape index (κ1) is 29.3. The molecule has 5 aromatic carbocycles. The molecule has 43 heavy (non-hydrogen) atoms. The number of hydrazone groups is 1. The predicted octanol–water partition coefficient (Wildman–Crippen LogP) is 6.16. The van der Waals surface area contributed by atoms with Crippen molar-refractivity contribution in [1.82, 2.24) is 5.43 Å². The number of para-hydroxylation sites is 2. The van der Waals surface area contributed by atoms with Crippen LogP contribution < -0.4 is 19.2 Å². The minimum absolute atomic E-state index is 0.0559. The van der Waals surface area contributed by atoms with Crippen molar-refractivity contribution in [2.75, 3.05) is 17.5 Å². The van der Waals surface area contributed by atoms with E-state index in [0.29, 0.717) is 24.7 Å². The second-order valence-electron chi connectivity index (χ2n) is 9.51. The summed E-state index contributed by atoms with van der Waals surface area (Å²) in [5, 5.41) is 6.36. The lowest BCUT2D eigenvalue weighted by atomic mass is 10.1. The summed E-state index contributed by atoms with van der Waals surface area (Å²) in [7, 11) is -4.08. The van der Waals surface area contributed by atoms with Crippen molar-refractivity contribution in [1.29, 1.82) is 0 Å². The predicted molar refractivity (Wildman–Crippen MR) is 169 cm³/mol. The van der Waals surface area contributed by atoms with E-state index in [1.54, 1.807) is 49.4 Å². The first-order valence-corrected chi connectivity index (χ1v) is 15.2. The van der Waals surface area contributed by atoms with Crippen molar-refractivity contribution in [3.05, 3.63) is 132 Å². The Morgan fingerprint density at radius 2 is 1.51 bits per heavy atom. The van der Waals surface area contributed by atoms with Crippen LogP contribution in [0.5, 0.6) is 11.5 Å². The first-order valence-electron chi connectivity index (χ1n) is 13.8. The Labute approximate surface area is 251 Å². The average molecular weight is 594 g/mol. The van der Waals surface area contributed by atoms with Gasteiger partial charge in [0.25, 0.3) is 15.9 Å². The van der Waals surface area contributed by atoms with Gasteiger partial charge in [0.1, 0.15) is 24.7 Å². The molecule has 0 aliphatic rings. The maximum absolute atomic E-state index is 13.6. The largest absolute Gasteiger partial charge is 0.492 e. The van der Waals surface area contributed by atoms with Crippen LogP contribution in [0, 0.1) is 0 Å². The van der Waals surface area contributed by atoms with Crippen molar-refractivity contribution < 1.29 is 22.7 Å². The summed E-state index contributed by atoms with van der Waals surface area (Å²) in [6.45, 7) is 2.07. The Balaban J connectivity index is 1.24. The summed E-state index contributed by atoms with van der Waals surface area (Å²) in [6, 6.07) is 36.3. The molecule has 0 radical (unpaired) electrons. The van der Waals surface area contributed by atoms with Crippen LogP contribution >= 0.6 is 0 Å². The van der Waals surface area contributed by atoms with Crippen molar-refractivity contribution in [3.8, 4) is 11.5 Å². The standard InChI is InChI=1S/C34H31N3O5S/c1-2-41-33-18-9-8-17-32(33)37(43(39,40)30-14-4-3-5-15-30)24-34(38)36-35-23-26-19-21-29(22-20-26)42-25-28-13-10-12-27-11-6-7-16-31(27)28/h3-23H,2,24-25H2,1H3,(H,36,38)/b35-23-.